The number of Topliss-reactive ketones (excluding diaryl/α,β-unsaturated/α-hetero) is 2. The van der Waals surface area contributed by atoms with E-state index in [2.05, 4.69) is 0 Å². The summed E-state index contributed by atoms with van der Waals surface area (Å²) in [4.78, 5) is 39.4. The number of hydrogen-bond donors (Lipinski definition) is 0. The maximum absolute atomic E-state index is 12.7. The molecule has 2 fully saturated rings. The fourth-order valence-electron chi connectivity index (χ4n) is 4.11. The Morgan fingerprint density at radius 3 is 2.35 bits per heavy atom. The number of rotatable bonds is 2. The first-order valence-electron chi connectivity index (χ1n) is 9.31. The third-order valence-electron chi connectivity index (χ3n) is 5.39. The highest BCUT2D eigenvalue weighted by Gasteiger charge is 2.54. The lowest BCUT2D eigenvalue weighted by atomic mass is 9.71. The van der Waals surface area contributed by atoms with Gasteiger partial charge in [-0.15, -0.1) is 0 Å². The number of carbonyl (C=O) groups excluding carboxylic acids is 3. The molecule has 1 amide bonds. The number of ether oxygens (including phenoxy) is 1. The number of ketones is 2. The Kier molecular flexibility index (Phi) is 4.91. The van der Waals surface area contributed by atoms with Crippen molar-refractivity contribution in [2.24, 2.45) is 5.41 Å². The van der Waals surface area contributed by atoms with Crippen LogP contribution in [0, 0.1) is 5.41 Å². The van der Waals surface area contributed by atoms with Crippen molar-refractivity contribution in [3.8, 4) is 0 Å². The molecule has 2 aliphatic rings. The van der Waals surface area contributed by atoms with Crippen molar-refractivity contribution < 1.29 is 19.1 Å². The van der Waals surface area contributed by atoms with Crippen LogP contribution in [0.5, 0.6) is 0 Å². The summed E-state index contributed by atoms with van der Waals surface area (Å²) in [5, 5.41) is 0. The second kappa shape index (κ2) is 6.86. The van der Waals surface area contributed by atoms with Crippen LogP contribution in [0.15, 0.2) is 30.3 Å². The molecular formula is C21H27NO4. The third-order valence-corrected chi connectivity index (χ3v) is 5.39. The molecule has 0 radical (unpaired) electrons. The van der Waals surface area contributed by atoms with Gasteiger partial charge in [-0.3, -0.25) is 9.59 Å². The minimum Gasteiger partial charge on any atom is -0.444 e. The van der Waals surface area contributed by atoms with Gasteiger partial charge >= 0.3 is 6.09 Å². The van der Waals surface area contributed by atoms with Gasteiger partial charge in [0, 0.05) is 25.4 Å². The van der Waals surface area contributed by atoms with Crippen molar-refractivity contribution in [3.63, 3.8) is 0 Å². The quantitative estimate of drug-likeness (QED) is 0.760. The summed E-state index contributed by atoms with van der Waals surface area (Å²) >= 11 is 0. The summed E-state index contributed by atoms with van der Waals surface area (Å²) in [5.74, 6) is 0.0915. The van der Waals surface area contributed by atoms with Gasteiger partial charge in [-0.2, -0.15) is 0 Å². The minimum absolute atomic E-state index is 0.0457. The highest BCUT2D eigenvalue weighted by atomic mass is 16.6. The molecule has 1 aromatic rings. The Balaban J connectivity index is 1.86. The molecule has 1 heterocycles. The van der Waals surface area contributed by atoms with E-state index in [0.29, 0.717) is 38.6 Å². The van der Waals surface area contributed by atoms with E-state index in [1.807, 2.05) is 51.1 Å². The molecule has 1 spiro atoms. The van der Waals surface area contributed by atoms with E-state index in [1.165, 1.54) is 0 Å². The molecule has 3 rings (SSSR count). The largest absolute Gasteiger partial charge is 0.444 e. The summed E-state index contributed by atoms with van der Waals surface area (Å²) in [6.07, 6.45) is 1.73. The van der Waals surface area contributed by atoms with Crippen molar-refractivity contribution in [3.05, 3.63) is 35.9 Å². The Morgan fingerprint density at radius 1 is 1.15 bits per heavy atom. The average Bonchev–Trinajstić information content (AvgIpc) is 2.83. The molecule has 5 nitrogen and oxygen atoms in total. The molecule has 26 heavy (non-hydrogen) atoms. The summed E-state index contributed by atoms with van der Waals surface area (Å²) in [7, 11) is 0. The van der Waals surface area contributed by atoms with Gasteiger partial charge in [0.25, 0.3) is 0 Å². The Morgan fingerprint density at radius 2 is 1.77 bits per heavy atom. The lowest BCUT2D eigenvalue weighted by Crippen LogP contribution is -2.54. The summed E-state index contributed by atoms with van der Waals surface area (Å²) < 4.78 is 5.57. The molecule has 140 valence electrons. The Labute approximate surface area is 154 Å². The number of carbonyl (C=O) groups is 3. The van der Waals surface area contributed by atoms with E-state index in [1.54, 1.807) is 4.90 Å². The maximum Gasteiger partial charge on any atom is 0.410 e. The molecule has 0 bridgehead atoms. The SMILES string of the molecule is CC(C)(C)OC(=O)N1CCC2(CC1Cc1ccccc1)C(=O)CCC2=O. The monoisotopic (exact) mass is 357 g/mol. The number of benzene rings is 1. The first-order chi connectivity index (χ1) is 12.2. The van der Waals surface area contributed by atoms with E-state index in [9.17, 15) is 14.4 Å². The second-order valence-electron chi connectivity index (χ2n) is 8.40. The molecule has 0 aromatic heterocycles. The number of amides is 1. The van der Waals surface area contributed by atoms with Gasteiger partial charge in [0.1, 0.15) is 17.2 Å². The molecule has 1 atom stereocenters. The number of piperidine rings is 1. The van der Waals surface area contributed by atoms with Gasteiger partial charge in [-0.25, -0.2) is 4.79 Å². The number of nitrogens with zero attached hydrogens (tertiary/aromatic N) is 1. The molecule has 1 saturated carbocycles. The van der Waals surface area contributed by atoms with E-state index in [0.717, 1.165) is 5.56 Å². The van der Waals surface area contributed by atoms with Gasteiger partial charge in [-0.05, 0) is 45.6 Å². The van der Waals surface area contributed by atoms with E-state index in [4.69, 9.17) is 4.74 Å². The Hall–Kier alpha value is -2.17. The predicted octanol–water partition coefficient (Wildman–Crippen LogP) is 3.55. The molecule has 1 unspecified atom stereocenters. The molecule has 1 aliphatic carbocycles. The van der Waals surface area contributed by atoms with E-state index in [-0.39, 0.29) is 23.7 Å². The minimum atomic E-state index is -0.891. The zero-order valence-corrected chi connectivity index (χ0v) is 15.8. The van der Waals surface area contributed by atoms with Crippen LogP contribution in [0.1, 0.15) is 52.0 Å². The lowest BCUT2D eigenvalue weighted by Gasteiger charge is -2.43. The first-order valence-corrected chi connectivity index (χ1v) is 9.31. The van der Waals surface area contributed by atoms with Crippen LogP contribution in [0.3, 0.4) is 0 Å². The van der Waals surface area contributed by atoms with Crippen molar-refractivity contribution >= 4 is 17.7 Å². The predicted molar refractivity (Wildman–Crippen MR) is 97.8 cm³/mol. The van der Waals surface area contributed by atoms with Crippen LogP contribution in [-0.4, -0.2) is 40.7 Å². The first kappa shape index (κ1) is 18.6. The normalized spacial score (nSPS) is 22.7. The van der Waals surface area contributed by atoms with Crippen LogP contribution in [0.2, 0.25) is 0 Å². The molecule has 1 saturated heterocycles. The fourth-order valence-corrected chi connectivity index (χ4v) is 4.11. The van der Waals surface area contributed by atoms with Gasteiger partial charge in [0.15, 0.2) is 0 Å². The number of likely N-dealkylation sites (tertiary alicyclic amines) is 1. The molecular weight excluding hydrogens is 330 g/mol. The van der Waals surface area contributed by atoms with Crippen molar-refractivity contribution in [1.29, 1.82) is 0 Å². The highest BCUT2D eigenvalue weighted by molar-refractivity contribution is 6.13. The third kappa shape index (κ3) is 3.67. The number of hydrogen-bond acceptors (Lipinski definition) is 4. The second-order valence-corrected chi connectivity index (χ2v) is 8.40. The lowest BCUT2D eigenvalue weighted by molar-refractivity contribution is -0.139. The van der Waals surface area contributed by atoms with Gasteiger partial charge in [0.2, 0.25) is 0 Å². The van der Waals surface area contributed by atoms with Crippen LogP contribution >= 0.6 is 0 Å². The summed E-state index contributed by atoms with van der Waals surface area (Å²) in [5.41, 5.74) is -0.387. The Bertz CT molecular complexity index is 688. The average molecular weight is 357 g/mol. The van der Waals surface area contributed by atoms with Crippen LogP contribution in [-0.2, 0) is 20.7 Å². The van der Waals surface area contributed by atoms with E-state index < -0.39 is 11.0 Å². The van der Waals surface area contributed by atoms with Crippen LogP contribution in [0.25, 0.3) is 0 Å². The topological polar surface area (TPSA) is 63.7 Å². The van der Waals surface area contributed by atoms with Crippen molar-refractivity contribution in [1.82, 2.24) is 4.90 Å². The molecule has 1 aromatic carbocycles. The van der Waals surface area contributed by atoms with Gasteiger partial charge in [0.05, 0.1) is 5.41 Å². The molecule has 0 N–H and O–H groups in total. The van der Waals surface area contributed by atoms with Crippen molar-refractivity contribution in [2.75, 3.05) is 6.54 Å². The summed E-state index contributed by atoms with van der Waals surface area (Å²) in [6.45, 7) is 5.90. The summed E-state index contributed by atoms with van der Waals surface area (Å²) in [6, 6.07) is 9.66. The van der Waals surface area contributed by atoms with Gasteiger partial charge in [-0.1, -0.05) is 30.3 Å². The zero-order valence-electron chi connectivity index (χ0n) is 15.8. The van der Waals surface area contributed by atoms with E-state index >= 15 is 0 Å². The highest BCUT2D eigenvalue weighted by Crippen LogP contribution is 2.44. The van der Waals surface area contributed by atoms with Crippen LogP contribution in [0.4, 0.5) is 4.79 Å². The standard InChI is InChI=1S/C21H27NO4/c1-20(2,3)26-19(25)22-12-11-21(17(23)9-10-18(21)24)14-16(22)13-15-7-5-4-6-8-15/h4-8,16H,9-14H2,1-3H3. The van der Waals surface area contributed by atoms with Crippen molar-refractivity contribution in [2.45, 2.75) is 64.5 Å². The fraction of sp³-hybridized carbons (Fsp3) is 0.571. The smallest absolute Gasteiger partial charge is 0.410 e. The maximum atomic E-state index is 12.7. The van der Waals surface area contributed by atoms with Gasteiger partial charge < -0.3 is 9.64 Å². The van der Waals surface area contributed by atoms with Crippen LogP contribution < -0.4 is 0 Å². The zero-order chi connectivity index (χ0) is 18.9. The molecule has 5 heteroatoms. The molecule has 1 aliphatic heterocycles.